The minimum absolute atomic E-state index is 0.316. The molecule has 3 nitrogen and oxygen atoms in total. The van der Waals surface area contributed by atoms with Gasteiger partial charge in [-0.15, -0.1) is 0 Å². The van der Waals surface area contributed by atoms with Gasteiger partial charge in [0.05, 0.1) is 30.1 Å². The van der Waals surface area contributed by atoms with Crippen LogP contribution in [0.5, 0.6) is 11.5 Å². The normalized spacial score (nSPS) is 11.1. The minimum atomic E-state index is 0.316. The lowest BCUT2D eigenvalue weighted by molar-refractivity contribution is 0.398. The molecule has 0 N–H and O–H groups in total. The van der Waals surface area contributed by atoms with Crippen LogP contribution in [0, 0.1) is 6.92 Å². The van der Waals surface area contributed by atoms with Gasteiger partial charge in [-0.25, -0.2) is 0 Å². The van der Waals surface area contributed by atoms with Crippen molar-refractivity contribution >= 4 is 22.5 Å². The predicted molar refractivity (Wildman–Crippen MR) is 78.7 cm³/mol. The average molecular weight is 280 g/mol. The Kier molecular flexibility index (Phi) is 3.85. The van der Waals surface area contributed by atoms with Crippen molar-refractivity contribution in [3.63, 3.8) is 0 Å². The Morgan fingerprint density at radius 3 is 2.37 bits per heavy atom. The van der Waals surface area contributed by atoms with Crippen LogP contribution in [0.15, 0.2) is 12.1 Å². The zero-order valence-electron chi connectivity index (χ0n) is 11.9. The topological polar surface area (TPSA) is 31.4 Å². The summed E-state index contributed by atoms with van der Waals surface area (Å²) in [6.45, 7) is 6.20. The Morgan fingerprint density at radius 2 is 1.84 bits per heavy atom. The van der Waals surface area contributed by atoms with Crippen LogP contribution in [0.4, 0.5) is 0 Å². The van der Waals surface area contributed by atoms with Crippen molar-refractivity contribution < 1.29 is 9.47 Å². The van der Waals surface area contributed by atoms with Gasteiger partial charge in [0.15, 0.2) is 0 Å². The minimum Gasteiger partial charge on any atom is -0.497 e. The molecule has 0 bridgehead atoms. The van der Waals surface area contributed by atoms with Gasteiger partial charge in [-0.2, -0.15) is 0 Å². The van der Waals surface area contributed by atoms with E-state index in [0.717, 1.165) is 27.2 Å². The van der Waals surface area contributed by atoms with E-state index in [1.807, 2.05) is 19.1 Å². The number of halogens is 1. The molecule has 0 unspecified atom stereocenters. The molecule has 0 saturated heterocycles. The second-order valence-corrected chi connectivity index (χ2v) is 5.18. The Bertz CT molecular complexity index is 623. The van der Waals surface area contributed by atoms with Gasteiger partial charge in [-0.1, -0.05) is 25.4 Å². The Labute approximate surface area is 118 Å². The van der Waals surface area contributed by atoms with Gasteiger partial charge in [-0.05, 0) is 18.4 Å². The molecule has 0 spiro atoms. The summed E-state index contributed by atoms with van der Waals surface area (Å²) in [6, 6.07) is 3.70. The molecule has 0 radical (unpaired) electrons. The molecule has 0 saturated carbocycles. The molecule has 2 rings (SSSR count). The summed E-state index contributed by atoms with van der Waals surface area (Å²) in [6.07, 6.45) is 0. The summed E-state index contributed by atoms with van der Waals surface area (Å²) in [5, 5.41) is 1.57. The number of rotatable bonds is 3. The van der Waals surface area contributed by atoms with Crippen molar-refractivity contribution in [1.82, 2.24) is 4.98 Å². The van der Waals surface area contributed by atoms with Crippen LogP contribution in [0.25, 0.3) is 10.9 Å². The van der Waals surface area contributed by atoms with E-state index in [1.165, 1.54) is 0 Å². The lowest BCUT2D eigenvalue weighted by Gasteiger charge is -2.16. The van der Waals surface area contributed by atoms with Gasteiger partial charge >= 0.3 is 0 Å². The lowest BCUT2D eigenvalue weighted by atomic mass is 9.99. The quantitative estimate of drug-likeness (QED) is 0.838. The molecule has 4 heteroatoms. The van der Waals surface area contributed by atoms with Crippen molar-refractivity contribution in [2.45, 2.75) is 26.7 Å². The molecule has 1 aromatic heterocycles. The first-order chi connectivity index (χ1) is 8.99. The van der Waals surface area contributed by atoms with Crippen molar-refractivity contribution in [1.29, 1.82) is 0 Å². The van der Waals surface area contributed by atoms with E-state index in [4.69, 9.17) is 21.1 Å². The average Bonchev–Trinajstić information content (AvgIpc) is 2.36. The standard InChI is InChI=1S/C15H18ClNO2/c1-8(2)13-9(3)17-11-6-10(18-4)7-12(19-5)14(11)15(13)16/h6-8H,1-5H3. The van der Waals surface area contributed by atoms with Crippen LogP contribution in [0.1, 0.15) is 31.0 Å². The van der Waals surface area contributed by atoms with Gasteiger partial charge in [0.1, 0.15) is 11.5 Å². The third-order valence-corrected chi connectivity index (χ3v) is 3.61. The molecule has 19 heavy (non-hydrogen) atoms. The van der Waals surface area contributed by atoms with E-state index in [1.54, 1.807) is 14.2 Å². The fourth-order valence-electron chi connectivity index (χ4n) is 2.37. The van der Waals surface area contributed by atoms with E-state index >= 15 is 0 Å². The summed E-state index contributed by atoms with van der Waals surface area (Å²) in [5.74, 6) is 1.72. The third kappa shape index (κ3) is 2.35. The number of hydrogen-bond acceptors (Lipinski definition) is 3. The largest absolute Gasteiger partial charge is 0.497 e. The van der Waals surface area contributed by atoms with Crippen LogP contribution < -0.4 is 9.47 Å². The zero-order valence-corrected chi connectivity index (χ0v) is 12.6. The molecule has 2 aromatic rings. The second-order valence-electron chi connectivity index (χ2n) is 4.80. The molecular formula is C15H18ClNO2. The second kappa shape index (κ2) is 5.25. The monoisotopic (exact) mass is 279 g/mol. The highest BCUT2D eigenvalue weighted by Gasteiger charge is 2.18. The number of ether oxygens (including phenoxy) is 2. The third-order valence-electron chi connectivity index (χ3n) is 3.22. The highest BCUT2D eigenvalue weighted by molar-refractivity contribution is 6.37. The van der Waals surface area contributed by atoms with E-state index in [0.29, 0.717) is 17.4 Å². The first kappa shape index (κ1) is 13.9. The first-order valence-corrected chi connectivity index (χ1v) is 6.59. The van der Waals surface area contributed by atoms with Gasteiger partial charge in [-0.3, -0.25) is 4.98 Å². The molecule has 0 atom stereocenters. The summed E-state index contributed by atoms with van der Waals surface area (Å²) in [4.78, 5) is 4.63. The number of fused-ring (bicyclic) bond motifs is 1. The van der Waals surface area contributed by atoms with Crippen LogP contribution in [-0.4, -0.2) is 19.2 Å². The maximum atomic E-state index is 6.56. The number of nitrogens with zero attached hydrogens (tertiary/aromatic N) is 1. The summed E-state index contributed by atoms with van der Waals surface area (Å²) in [5.41, 5.74) is 2.81. The predicted octanol–water partition coefficient (Wildman–Crippen LogP) is 4.34. The molecule has 1 aromatic carbocycles. The van der Waals surface area contributed by atoms with Crippen molar-refractivity contribution in [2.75, 3.05) is 14.2 Å². The number of pyridine rings is 1. The van der Waals surface area contributed by atoms with E-state index in [-0.39, 0.29) is 0 Å². The number of hydrogen-bond donors (Lipinski definition) is 0. The van der Waals surface area contributed by atoms with Gasteiger partial charge in [0.2, 0.25) is 0 Å². The Morgan fingerprint density at radius 1 is 1.16 bits per heavy atom. The molecule has 102 valence electrons. The number of benzene rings is 1. The maximum absolute atomic E-state index is 6.56. The number of aromatic nitrogens is 1. The van der Waals surface area contributed by atoms with Crippen LogP contribution >= 0.6 is 11.6 Å². The molecular weight excluding hydrogens is 262 g/mol. The summed E-state index contributed by atoms with van der Waals surface area (Å²) >= 11 is 6.56. The fourth-order valence-corrected chi connectivity index (χ4v) is 2.91. The van der Waals surface area contributed by atoms with Crippen LogP contribution in [0.3, 0.4) is 0 Å². The number of aryl methyl sites for hydroxylation is 1. The fraction of sp³-hybridized carbons (Fsp3) is 0.400. The van der Waals surface area contributed by atoms with Crippen LogP contribution in [0.2, 0.25) is 5.02 Å². The molecule has 0 aliphatic carbocycles. The maximum Gasteiger partial charge on any atom is 0.133 e. The summed E-state index contributed by atoms with van der Waals surface area (Å²) in [7, 11) is 3.25. The van der Waals surface area contributed by atoms with E-state index in [9.17, 15) is 0 Å². The SMILES string of the molecule is COc1cc(OC)c2c(Cl)c(C(C)C)c(C)nc2c1. The van der Waals surface area contributed by atoms with Crippen molar-refractivity contribution in [3.05, 3.63) is 28.4 Å². The van der Waals surface area contributed by atoms with Gasteiger partial charge < -0.3 is 9.47 Å². The van der Waals surface area contributed by atoms with Gasteiger partial charge in [0, 0.05) is 17.8 Å². The van der Waals surface area contributed by atoms with Crippen molar-refractivity contribution in [2.24, 2.45) is 0 Å². The number of methoxy groups -OCH3 is 2. The highest BCUT2D eigenvalue weighted by atomic mass is 35.5. The molecule has 0 aliphatic rings. The summed E-state index contributed by atoms with van der Waals surface area (Å²) < 4.78 is 10.7. The Balaban J connectivity index is 2.88. The molecule has 0 amide bonds. The molecule has 0 fully saturated rings. The van der Waals surface area contributed by atoms with Crippen molar-refractivity contribution in [3.8, 4) is 11.5 Å². The lowest BCUT2D eigenvalue weighted by Crippen LogP contribution is -2.00. The van der Waals surface area contributed by atoms with Gasteiger partial charge in [0.25, 0.3) is 0 Å². The van der Waals surface area contributed by atoms with E-state index in [2.05, 4.69) is 18.8 Å². The highest BCUT2D eigenvalue weighted by Crippen LogP contribution is 2.39. The molecule has 0 aliphatic heterocycles. The first-order valence-electron chi connectivity index (χ1n) is 6.21. The molecule has 1 heterocycles. The zero-order chi connectivity index (χ0) is 14.2. The van der Waals surface area contributed by atoms with E-state index < -0.39 is 0 Å². The smallest absolute Gasteiger partial charge is 0.133 e. The van der Waals surface area contributed by atoms with Crippen LogP contribution in [-0.2, 0) is 0 Å². The Hall–Kier alpha value is -1.48.